The van der Waals surface area contributed by atoms with E-state index in [0.29, 0.717) is 12.4 Å². The summed E-state index contributed by atoms with van der Waals surface area (Å²) >= 11 is 0. The smallest absolute Gasteiger partial charge is 0.257 e. The van der Waals surface area contributed by atoms with Crippen LogP contribution in [0.25, 0.3) is 0 Å². The molecule has 0 amide bonds. The van der Waals surface area contributed by atoms with Gasteiger partial charge in [0.15, 0.2) is 5.03 Å². The zero-order valence-corrected chi connectivity index (χ0v) is 13.6. The highest BCUT2D eigenvalue weighted by atomic mass is 32.2. The van der Waals surface area contributed by atoms with E-state index in [4.69, 9.17) is 5.14 Å². The first-order valence-corrected chi connectivity index (χ1v) is 8.40. The maximum atomic E-state index is 11.5. The molecule has 8 heteroatoms. The molecule has 116 valence electrons. The molecule has 0 aromatic carbocycles. The quantitative estimate of drug-likeness (QED) is 0.898. The molecule has 0 atom stereocenters. The topological polar surface area (TPSA) is 95.8 Å². The first-order chi connectivity index (χ1) is 9.72. The highest BCUT2D eigenvalue weighted by Gasteiger charge is 2.19. The Morgan fingerprint density at radius 1 is 1.38 bits per heavy atom. The Morgan fingerprint density at radius 3 is 2.57 bits per heavy atom. The van der Waals surface area contributed by atoms with E-state index < -0.39 is 10.0 Å². The van der Waals surface area contributed by atoms with Crippen molar-refractivity contribution in [3.8, 4) is 0 Å². The van der Waals surface area contributed by atoms with E-state index in [1.807, 2.05) is 43.0 Å². The van der Waals surface area contributed by atoms with E-state index in [2.05, 4.69) is 10.1 Å². The lowest BCUT2D eigenvalue weighted by Gasteiger charge is -2.10. The van der Waals surface area contributed by atoms with Crippen molar-refractivity contribution in [3.05, 3.63) is 29.5 Å². The van der Waals surface area contributed by atoms with Crippen molar-refractivity contribution in [2.75, 3.05) is 0 Å². The largest absolute Gasteiger partial charge is 0.327 e. The zero-order valence-electron chi connectivity index (χ0n) is 12.7. The predicted molar refractivity (Wildman–Crippen MR) is 79.4 cm³/mol. The Bertz CT molecular complexity index is 743. The summed E-state index contributed by atoms with van der Waals surface area (Å²) in [6, 6.07) is 1.99. The average molecular weight is 311 g/mol. The second-order valence-corrected chi connectivity index (χ2v) is 6.87. The molecule has 0 unspecified atom stereocenters. The Labute approximate surface area is 124 Å². The Kier molecular flexibility index (Phi) is 4.20. The van der Waals surface area contributed by atoms with Gasteiger partial charge in [0.05, 0.1) is 17.9 Å². The van der Waals surface area contributed by atoms with Gasteiger partial charge in [-0.3, -0.25) is 4.68 Å². The minimum absolute atomic E-state index is 0.0921. The number of hydrogen-bond donors (Lipinski definition) is 1. The minimum Gasteiger partial charge on any atom is -0.327 e. The first-order valence-electron chi connectivity index (χ1n) is 6.85. The van der Waals surface area contributed by atoms with Crippen molar-refractivity contribution in [2.45, 2.75) is 51.7 Å². The van der Waals surface area contributed by atoms with E-state index in [1.165, 1.54) is 6.20 Å². The SMILES string of the molecule is CCn1nc(C)cc1Cn1cc(S(N)(=O)=O)nc1C(C)C. The van der Waals surface area contributed by atoms with Gasteiger partial charge in [-0.15, -0.1) is 0 Å². The van der Waals surface area contributed by atoms with Crippen LogP contribution in [0.15, 0.2) is 17.3 Å². The number of primary sulfonamides is 1. The number of nitrogens with zero attached hydrogens (tertiary/aromatic N) is 4. The second-order valence-electron chi connectivity index (χ2n) is 5.36. The van der Waals surface area contributed by atoms with Gasteiger partial charge in [0.2, 0.25) is 0 Å². The van der Waals surface area contributed by atoms with Gasteiger partial charge in [0, 0.05) is 18.7 Å². The van der Waals surface area contributed by atoms with Gasteiger partial charge >= 0.3 is 0 Å². The van der Waals surface area contributed by atoms with Crippen LogP contribution in [0.3, 0.4) is 0 Å². The van der Waals surface area contributed by atoms with Crippen LogP contribution < -0.4 is 5.14 Å². The first kappa shape index (κ1) is 15.7. The van der Waals surface area contributed by atoms with Crippen molar-refractivity contribution >= 4 is 10.0 Å². The number of sulfonamides is 1. The molecule has 2 heterocycles. The fraction of sp³-hybridized carbons (Fsp3) is 0.538. The third-order valence-electron chi connectivity index (χ3n) is 3.21. The fourth-order valence-corrected chi connectivity index (χ4v) is 2.80. The Morgan fingerprint density at radius 2 is 2.05 bits per heavy atom. The molecule has 2 aromatic rings. The van der Waals surface area contributed by atoms with Crippen molar-refractivity contribution in [2.24, 2.45) is 5.14 Å². The van der Waals surface area contributed by atoms with Gasteiger partial charge in [-0.1, -0.05) is 13.8 Å². The number of nitrogens with two attached hydrogens (primary N) is 1. The highest BCUT2D eigenvalue weighted by Crippen LogP contribution is 2.18. The molecule has 0 spiro atoms. The molecule has 2 rings (SSSR count). The predicted octanol–water partition coefficient (Wildman–Crippen LogP) is 1.23. The van der Waals surface area contributed by atoms with Gasteiger partial charge < -0.3 is 4.57 Å². The summed E-state index contributed by atoms with van der Waals surface area (Å²) in [5.74, 6) is 0.792. The van der Waals surface area contributed by atoms with Gasteiger partial charge in [0.1, 0.15) is 5.82 Å². The summed E-state index contributed by atoms with van der Waals surface area (Å²) < 4.78 is 26.7. The normalized spacial score (nSPS) is 12.3. The maximum Gasteiger partial charge on any atom is 0.257 e. The molecule has 0 saturated heterocycles. The molecule has 2 N–H and O–H groups in total. The van der Waals surface area contributed by atoms with Crippen molar-refractivity contribution in [3.63, 3.8) is 0 Å². The van der Waals surface area contributed by atoms with Crippen LogP contribution in [0.2, 0.25) is 0 Å². The van der Waals surface area contributed by atoms with Crippen LogP contribution in [0.1, 0.15) is 43.9 Å². The number of aryl methyl sites for hydroxylation is 2. The molecule has 2 aromatic heterocycles. The summed E-state index contributed by atoms with van der Waals surface area (Å²) in [5.41, 5.74) is 1.94. The van der Waals surface area contributed by atoms with E-state index in [1.54, 1.807) is 0 Å². The van der Waals surface area contributed by atoms with Gasteiger partial charge in [-0.05, 0) is 19.9 Å². The van der Waals surface area contributed by atoms with Crippen molar-refractivity contribution in [1.29, 1.82) is 0 Å². The molecule has 0 radical (unpaired) electrons. The fourth-order valence-electron chi connectivity index (χ4n) is 2.30. The molecule has 0 fully saturated rings. The van der Waals surface area contributed by atoms with E-state index in [0.717, 1.165) is 17.9 Å². The average Bonchev–Trinajstić information content (AvgIpc) is 2.93. The molecular weight excluding hydrogens is 290 g/mol. The van der Waals surface area contributed by atoms with Crippen molar-refractivity contribution < 1.29 is 8.42 Å². The molecule has 0 aliphatic heterocycles. The lowest BCUT2D eigenvalue weighted by Crippen LogP contribution is -2.12. The zero-order chi connectivity index (χ0) is 15.8. The lowest BCUT2D eigenvalue weighted by molar-refractivity contribution is 0.580. The standard InChI is InChI=1S/C13H21N5O2S/c1-5-18-11(6-10(4)16-18)7-17-8-12(21(14,19)20)15-13(17)9(2)3/h6,8-9H,5,7H2,1-4H3,(H2,14,19,20). The van der Waals surface area contributed by atoms with Crippen LogP contribution in [0.5, 0.6) is 0 Å². The summed E-state index contributed by atoms with van der Waals surface area (Å²) in [7, 11) is -3.80. The minimum atomic E-state index is -3.80. The molecule has 0 aliphatic rings. The van der Waals surface area contributed by atoms with Crippen LogP contribution in [-0.2, 0) is 23.1 Å². The highest BCUT2D eigenvalue weighted by molar-refractivity contribution is 7.89. The van der Waals surface area contributed by atoms with Crippen LogP contribution in [0, 0.1) is 6.92 Å². The molecule has 0 saturated carbocycles. The summed E-state index contributed by atoms with van der Waals surface area (Å²) in [5, 5.41) is 9.47. The molecular formula is C13H21N5O2S. The summed E-state index contributed by atoms with van der Waals surface area (Å²) in [6.07, 6.45) is 1.49. The van der Waals surface area contributed by atoms with Gasteiger partial charge in [0.25, 0.3) is 10.0 Å². The number of imidazole rings is 1. The van der Waals surface area contributed by atoms with Gasteiger partial charge in [-0.25, -0.2) is 18.5 Å². The molecule has 0 bridgehead atoms. The van der Waals surface area contributed by atoms with Crippen molar-refractivity contribution in [1.82, 2.24) is 19.3 Å². The lowest BCUT2D eigenvalue weighted by atomic mass is 10.2. The number of rotatable bonds is 5. The van der Waals surface area contributed by atoms with Gasteiger partial charge in [-0.2, -0.15) is 5.10 Å². The van der Waals surface area contributed by atoms with Crippen LogP contribution in [0.4, 0.5) is 0 Å². The van der Waals surface area contributed by atoms with E-state index >= 15 is 0 Å². The second kappa shape index (κ2) is 5.61. The number of aromatic nitrogens is 4. The third-order valence-corrected chi connectivity index (χ3v) is 3.99. The molecule has 21 heavy (non-hydrogen) atoms. The number of hydrogen-bond acceptors (Lipinski definition) is 4. The summed E-state index contributed by atoms with van der Waals surface area (Å²) in [4.78, 5) is 4.16. The monoisotopic (exact) mass is 311 g/mol. The van der Waals surface area contributed by atoms with Crippen LogP contribution >= 0.6 is 0 Å². The molecule has 0 aliphatic carbocycles. The van der Waals surface area contributed by atoms with Crippen LogP contribution in [-0.4, -0.2) is 27.7 Å². The Hall–Kier alpha value is -1.67. The molecule has 7 nitrogen and oxygen atoms in total. The maximum absolute atomic E-state index is 11.5. The van der Waals surface area contributed by atoms with E-state index in [9.17, 15) is 8.42 Å². The Balaban J connectivity index is 2.45. The third kappa shape index (κ3) is 3.33. The summed E-state index contributed by atoms with van der Waals surface area (Å²) in [6.45, 7) is 9.16. The van der Waals surface area contributed by atoms with E-state index in [-0.39, 0.29) is 10.9 Å².